The average molecular weight is 1750 g/mol. The zero-order chi connectivity index (χ0) is 36.3. The van der Waals surface area contributed by atoms with Crippen LogP contribution in [0.15, 0.2) is 0 Å². The fourth-order valence-electron chi connectivity index (χ4n) is 2.17. The van der Waals surface area contributed by atoms with Crippen molar-refractivity contribution < 1.29 is 83.1 Å². The molecule has 50 heavy (non-hydrogen) atoms. The van der Waals surface area contributed by atoms with E-state index in [4.69, 9.17) is 45.2 Å². The zero-order valence-electron chi connectivity index (χ0n) is 29.9. The van der Waals surface area contributed by atoms with Crippen LogP contribution in [0.5, 0.6) is 0 Å². The molecular weight excluding hydrogens is 1690 g/mol. The van der Waals surface area contributed by atoms with Gasteiger partial charge in [-0.3, -0.25) is 0 Å². The van der Waals surface area contributed by atoms with Gasteiger partial charge in [-0.1, -0.05) is 0 Å². The summed E-state index contributed by atoms with van der Waals surface area (Å²) in [6.07, 6.45) is -1.84. The Labute approximate surface area is 276 Å². The zero-order valence-corrected chi connectivity index (χ0v) is 55.5. The van der Waals surface area contributed by atoms with Crippen molar-refractivity contribution in [3.63, 3.8) is 0 Å². The number of rotatable bonds is 26. The topological polar surface area (TPSA) is 234 Å². The molecule has 21 heteroatoms. The van der Waals surface area contributed by atoms with Crippen LogP contribution < -0.4 is 0 Å². The minimum atomic E-state index is -0.606. The summed E-state index contributed by atoms with van der Waals surface area (Å²) in [5.41, 5.74) is 0. The van der Waals surface area contributed by atoms with Gasteiger partial charge < -0.3 is 83.1 Å². The monoisotopic (exact) mass is 1750 g/mol. The van der Waals surface area contributed by atoms with E-state index >= 15 is 0 Å². The summed E-state index contributed by atoms with van der Waals surface area (Å²) >= 11 is 0. The number of ether oxygens (including phenoxy) is 10. The smallest absolute Gasteiger partial charge is 0.0946 e. The molecule has 0 aliphatic rings. The molecule has 0 radical (unpaired) electrons. The van der Waals surface area contributed by atoms with Crippen LogP contribution in [-0.2, 0) is 47.4 Å². The van der Waals surface area contributed by atoms with Gasteiger partial charge in [0, 0.05) is 66.1 Å². The molecular formula is C29H60O17Rf4-8. The third-order valence-electron chi connectivity index (χ3n) is 4.14. The Hall–Kier alpha value is -4.68. The van der Waals surface area contributed by atoms with E-state index in [-0.39, 0.29) is 66.1 Å². The van der Waals surface area contributed by atoms with Gasteiger partial charge in [0.05, 0.1) is 56.9 Å². The summed E-state index contributed by atoms with van der Waals surface area (Å²) in [5, 5.41) is 60.9. The van der Waals surface area contributed by atoms with E-state index in [9.17, 15) is 0 Å². The molecule has 0 aliphatic heterocycles. The maximum absolute atomic E-state index is 9.04. The first-order chi connectivity index (χ1) is 22.0. The van der Waals surface area contributed by atoms with Gasteiger partial charge in [0.1, 0.15) is 0 Å². The van der Waals surface area contributed by atoms with Crippen molar-refractivity contribution in [2.24, 2.45) is 0 Å². The standard InChI is InChI=1S/2C7H15O4.3C5H10O3.4Rf/c2*1-10-6-7(9)2-4-11-5-3-8;3*1-7-3-5(6)4-8-2;;;;/h2*7-9H,1-6H2;3*5-6H,1-4H2;;;;/q2*-1;3*-2;;;;. The second-order valence-electron chi connectivity index (χ2n) is 8.48. The normalized spacial score (nSPS) is 10.9. The van der Waals surface area contributed by atoms with E-state index in [1.807, 2.05) is 0 Å². The van der Waals surface area contributed by atoms with E-state index in [2.05, 4.69) is 94.8 Å². The predicted octanol–water partition coefficient (Wildman–Crippen LogP) is -1.000. The molecule has 0 aromatic rings. The number of hydrogen-bond donors (Lipinski definition) is 7. The third-order valence-corrected chi connectivity index (χ3v) is 4.14. The van der Waals surface area contributed by atoms with Gasteiger partial charge >= 0.3 is 0 Å². The summed E-state index contributed by atoms with van der Waals surface area (Å²) in [5.74, 6) is 0. The van der Waals surface area contributed by atoms with Crippen molar-refractivity contribution in [3.8, 4) is 0 Å². The molecule has 7 N–H and O–H groups in total. The Morgan fingerprint density at radius 2 is 0.500 bits per heavy atom. The van der Waals surface area contributed by atoms with Crippen molar-refractivity contribution in [2.45, 2.75) is 43.4 Å². The van der Waals surface area contributed by atoms with Crippen LogP contribution in [0.25, 0.3) is 0 Å². The van der Waals surface area contributed by atoms with Gasteiger partial charge in [-0.05, 0) is 12.8 Å². The van der Waals surface area contributed by atoms with Gasteiger partial charge in [0.2, 0.25) is 0 Å². The van der Waals surface area contributed by atoms with E-state index in [0.29, 0.717) is 39.3 Å². The molecule has 0 heterocycles. The Kier molecular flexibility index (Phi) is 85.1. The molecule has 0 bridgehead atoms. The summed E-state index contributed by atoms with van der Waals surface area (Å²) in [4.78, 5) is 0. The first-order valence-corrected chi connectivity index (χ1v) is 13.8. The van der Waals surface area contributed by atoms with Crippen LogP contribution >= 0.6 is 0 Å². The maximum Gasteiger partial charge on any atom is 0.0946 e. The van der Waals surface area contributed by atoms with Crippen molar-refractivity contribution in [1.82, 2.24) is 0 Å². The van der Waals surface area contributed by atoms with Crippen LogP contribution in [0.1, 0.15) is 12.8 Å². The molecule has 0 rings (SSSR count). The summed E-state index contributed by atoms with van der Waals surface area (Å²) in [6.45, 7) is 3.13. The number of aliphatic hydroxyl groups is 7. The molecule has 0 aromatic carbocycles. The molecule has 2 atom stereocenters. The van der Waals surface area contributed by atoms with E-state index in [1.54, 1.807) is 0 Å². The quantitative estimate of drug-likeness (QED) is 0.0407. The largest absolute Gasteiger partial charge is 0.553 e. The molecule has 0 aromatic heterocycles. The summed E-state index contributed by atoms with van der Waals surface area (Å²) in [6, 6.07) is 0. The van der Waals surface area contributed by atoms with E-state index < -0.39 is 30.5 Å². The van der Waals surface area contributed by atoms with Crippen LogP contribution in [0.3, 0.4) is 0 Å². The van der Waals surface area contributed by atoms with Crippen LogP contribution in [0, 0.1) is 56.9 Å². The summed E-state index contributed by atoms with van der Waals surface area (Å²) in [7, 11) is 24.7. The number of aliphatic hydroxyl groups excluding tert-OH is 7. The van der Waals surface area contributed by atoms with Gasteiger partial charge in [0.15, 0.2) is 0 Å². The first kappa shape index (κ1) is 67.5. The molecule has 0 saturated carbocycles. The molecule has 0 fully saturated rings. The molecule has 0 amide bonds. The second-order valence-corrected chi connectivity index (χ2v) is 8.48. The van der Waals surface area contributed by atoms with Crippen molar-refractivity contribution in [3.05, 3.63) is 56.9 Å². The minimum Gasteiger partial charge on any atom is -0.553 e. The van der Waals surface area contributed by atoms with Gasteiger partial charge in [-0.15, -0.1) is 0 Å². The Balaban J connectivity index is -0.0000000593. The van der Waals surface area contributed by atoms with E-state index in [0.717, 1.165) is 0 Å². The Morgan fingerprint density at radius 3 is 0.660 bits per heavy atom. The van der Waals surface area contributed by atoms with Gasteiger partial charge in [-0.25, -0.2) is 56.9 Å². The van der Waals surface area contributed by atoms with Crippen molar-refractivity contribution in [2.75, 3.05) is 92.5 Å². The van der Waals surface area contributed by atoms with E-state index in [1.165, 1.54) is 0 Å². The molecule has 0 spiro atoms. The average Bonchev–Trinajstić information content (AvgIpc) is 3.00. The SMILES string of the molecule is [CH2-]OCC(O)CCOCCO.[CH2-]OCC(O)CCOCCO.[CH2-]OCC(O)CO[CH2-].[CH2-]OCC(O)CO[CH2-].[CH2-]OCC(O)CO[CH2-].[Rf].[Rf].[Rf].[Rf]. The third kappa shape index (κ3) is 79.1. The fourth-order valence-corrected chi connectivity index (χ4v) is 2.17. The van der Waals surface area contributed by atoms with Gasteiger partial charge in [-0.2, -0.15) is 0 Å². The van der Waals surface area contributed by atoms with Crippen LogP contribution in [-0.4, -0.2) is 159 Å². The molecule has 2 unspecified atom stereocenters. The Morgan fingerprint density at radius 1 is 0.320 bits per heavy atom. The van der Waals surface area contributed by atoms with Crippen molar-refractivity contribution in [1.29, 1.82) is 0 Å². The van der Waals surface area contributed by atoms with Crippen molar-refractivity contribution >= 4 is 0 Å². The molecule has 17 nitrogen and oxygen atoms in total. The number of hydrogen-bond acceptors (Lipinski definition) is 17. The molecule has 0 saturated heterocycles. The van der Waals surface area contributed by atoms with Gasteiger partial charge in [0.25, 0.3) is 0 Å². The fraction of sp³-hybridized carbons (Fsp3) is 0.724. The Bertz CT molecular complexity index is 432. The van der Waals surface area contributed by atoms with Crippen LogP contribution in [0.2, 0.25) is 0 Å². The first-order valence-electron chi connectivity index (χ1n) is 13.8. The van der Waals surface area contributed by atoms with Crippen LogP contribution in [0.4, 0.5) is 0 Å². The summed E-state index contributed by atoms with van der Waals surface area (Å²) < 4.78 is 44.8. The molecule has 0 aliphatic carbocycles. The maximum atomic E-state index is 9.04. The minimum absolute atomic E-state index is 0. The predicted molar refractivity (Wildman–Crippen MR) is 166 cm³/mol. The molecule has 294 valence electrons. The second kappa shape index (κ2) is 63.0.